The van der Waals surface area contributed by atoms with E-state index in [0.29, 0.717) is 24.1 Å². The summed E-state index contributed by atoms with van der Waals surface area (Å²) in [5.74, 6) is -0.859. The Hall–Kier alpha value is -2.39. The molecule has 2 N–H and O–H groups in total. The number of carbonyl (C=O) groups is 2. The fourth-order valence-electron chi connectivity index (χ4n) is 6.85. The standard InChI is InChI=1S/C27H30N2O5S/c1-14-7-20-21(31)9-19-18-8-16-5-4-6-17(16)25(18)29(11-24-28-15(2)13-35-24)34-27(19,23(33)12-30)26(20,3)10-22(14)32/h7,9,13-14,22,30,32H,4-6,8,10-12H2,1-3H3/t14-,22-,26-,27+/m0/s1. The number of Topliss-reactive ketones (excluding diaryl/α,β-unsaturated/α-hetero) is 1. The average Bonchev–Trinajstić information content (AvgIpc) is 3.52. The van der Waals surface area contributed by atoms with E-state index in [1.807, 2.05) is 26.2 Å². The zero-order valence-electron chi connectivity index (χ0n) is 20.3. The minimum absolute atomic E-state index is 0.144. The van der Waals surface area contributed by atoms with Crippen molar-refractivity contribution in [1.82, 2.24) is 10.0 Å². The Morgan fingerprint density at radius 1 is 1.31 bits per heavy atom. The number of hydroxylamine groups is 2. The first kappa shape index (κ1) is 23.0. The predicted octanol–water partition coefficient (Wildman–Crippen LogP) is 3.48. The van der Waals surface area contributed by atoms with Gasteiger partial charge in [0.25, 0.3) is 0 Å². The van der Waals surface area contributed by atoms with Gasteiger partial charge in [-0.05, 0) is 56.3 Å². The second-order valence-electron chi connectivity index (χ2n) is 10.7. The molecular weight excluding hydrogens is 464 g/mol. The van der Waals surface area contributed by atoms with Crippen LogP contribution in [0.3, 0.4) is 0 Å². The normalized spacial score (nSPS) is 33.9. The molecule has 0 radical (unpaired) electrons. The number of hydrogen-bond acceptors (Lipinski definition) is 8. The van der Waals surface area contributed by atoms with E-state index in [0.717, 1.165) is 41.2 Å². The van der Waals surface area contributed by atoms with Gasteiger partial charge in [0.15, 0.2) is 17.2 Å². The molecule has 184 valence electrons. The quantitative estimate of drug-likeness (QED) is 0.661. The summed E-state index contributed by atoms with van der Waals surface area (Å²) >= 11 is 1.54. The van der Waals surface area contributed by atoms with Crippen LogP contribution >= 0.6 is 11.3 Å². The molecule has 5 aliphatic rings. The molecule has 0 spiro atoms. The maximum Gasteiger partial charge on any atom is 0.198 e. The first-order chi connectivity index (χ1) is 16.7. The highest BCUT2D eigenvalue weighted by atomic mass is 32.1. The highest BCUT2D eigenvalue weighted by Crippen LogP contribution is 2.62. The summed E-state index contributed by atoms with van der Waals surface area (Å²) in [5.41, 5.74) is 3.71. The van der Waals surface area contributed by atoms with Crippen LogP contribution in [0.25, 0.3) is 0 Å². The van der Waals surface area contributed by atoms with E-state index in [1.165, 1.54) is 11.1 Å². The summed E-state index contributed by atoms with van der Waals surface area (Å²) in [4.78, 5) is 38.7. The first-order valence-electron chi connectivity index (χ1n) is 12.3. The lowest BCUT2D eigenvalue weighted by Crippen LogP contribution is -2.66. The van der Waals surface area contributed by atoms with Crippen molar-refractivity contribution in [3.63, 3.8) is 0 Å². The average molecular weight is 495 g/mol. The summed E-state index contributed by atoms with van der Waals surface area (Å²) in [6, 6.07) is 0. The molecule has 8 heteroatoms. The van der Waals surface area contributed by atoms with Crippen LogP contribution in [0.1, 0.15) is 56.7 Å². The van der Waals surface area contributed by atoms with Gasteiger partial charge >= 0.3 is 0 Å². The lowest BCUT2D eigenvalue weighted by molar-refractivity contribution is -0.254. The van der Waals surface area contributed by atoms with Crippen molar-refractivity contribution in [2.24, 2.45) is 11.3 Å². The molecule has 4 atom stereocenters. The summed E-state index contributed by atoms with van der Waals surface area (Å²) in [6.07, 6.45) is 6.49. The van der Waals surface area contributed by atoms with Crippen LogP contribution in [0.15, 0.2) is 51.1 Å². The molecule has 0 bridgehead atoms. The van der Waals surface area contributed by atoms with Gasteiger partial charge in [0.1, 0.15) is 11.6 Å². The second-order valence-corrected chi connectivity index (χ2v) is 11.6. The lowest BCUT2D eigenvalue weighted by atomic mass is 9.52. The second kappa shape index (κ2) is 7.80. The minimum Gasteiger partial charge on any atom is -0.392 e. The molecular formula is C27H30N2O5S. The van der Waals surface area contributed by atoms with Crippen LogP contribution in [-0.4, -0.2) is 50.1 Å². The maximum atomic E-state index is 13.8. The molecule has 4 aliphatic carbocycles. The van der Waals surface area contributed by atoms with Crippen LogP contribution < -0.4 is 0 Å². The third kappa shape index (κ3) is 3.03. The topological polar surface area (TPSA) is 100.0 Å². The fourth-order valence-corrected chi connectivity index (χ4v) is 7.60. The number of ketones is 2. The summed E-state index contributed by atoms with van der Waals surface area (Å²) < 4.78 is 0. The Labute approximate surface area is 208 Å². The lowest BCUT2D eigenvalue weighted by Gasteiger charge is -2.57. The Kier molecular flexibility index (Phi) is 5.14. The molecule has 6 rings (SSSR count). The van der Waals surface area contributed by atoms with Gasteiger partial charge in [0.05, 0.1) is 18.3 Å². The van der Waals surface area contributed by atoms with Crippen LogP contribution in [0.4, 0.5) is 0 Å². The van der Waals surface area contributed by atoms with Crippen molar-refractivity contribution in [2.75, 3.05) is 6.61 Å². The fraction of sp³-hybridized carbons (Fsp3) is 0.519. The van der Waals surface area contributed by atoms with Gasteiger partial charge in [-0.2, -0.15) is 0 Å². The third-order valence-electron chi connectivity index (χ3n) is 8.54. The van der Waals surface area contributed by atoms with Crippen molar-refractivity contribution >= 4 is 22.9 Å². The zero-order chi connectivity index (χ0) is 24.7. The maximum absolute atomic E-state index is 13.8. The molecule has 0 amide bonds. The number of allylic oxidation sites excluding steroid dienone is 3. The summed E-state index contributed by atoms with van der Waals surface area (Å²) in [5, 5.41) is 25.8. The number of hydrogen-bond donors (Lipinski definition) is 2. The molecule has 0 saturated heterocycles. The molecule has 7 nitrogen and oxygen atoms in total. The van der Waals surface area contributed by atoms with Crippen LogP contribution in [0, 0.1) is 18.3 Å². The summed E-state index contributed by atoms with van der Waals surface area (Å²) in [7, 11) is 0. The molecule has 0 aromatic carbocycles. The van der Waals surface area contributed by atoms with E-state index in [9.17, 15) is 19.8 Å². The minimum atomic E-state index is -1.60. The largest absolute Gasteiger partial charge is 0.392 e. The van der Waals surface area contributed by atoms with Gasteiger partial charge in [0, 0.05) is 33.6 Å². The van der Waals surface area contributed by atoms with E-state index < -0.39 is 29.5 Å². The Morgan fingerprint density at radius 3 is 2.83 bits per heavy atom. The van der Waals surface area contributed by atoms with Gasteiger partial charge in [-0.15, -0.1) is 11.3 Å². The van der Waals surface area contributed by atoms with Crippen LogP contribution in [-0.2, 0) is 21.0 Å². The predicted molar refractivity (Wildman–Crippen MR) is 130 cm³/mol. The highest BCUT2D eigenvalue weighted by molar-refractivity contribution is 7.09. The number of aromatic nitrogens is 1. The van der Waals surface area contributed by atoms with Gasteiger partial charge in [-0.25, -0.2) is 10.0 Å². The number of rotatable bonds is 4. The SMILES string of the molecule is Cc1csc(CN2O[C@@]3(C(=O)CO)C(=CC(=O)C4=C[C@H](C)[C@@H](O)C[C@@]43C)C3=C2C2=C(CCC2)C3)n1. The van der Waals surface area contributed by atoms with Gasteiger partial charge in [0.2, 0.25) is 0 Å². The number of aliphatic hydroxyl groups excluding tert-OH is 2. The molecule has 35 heavy (non-hydrogen) atoms. The monoisotopic (exact) mass is 494 g/mol. The Bertz CT molecular complexity index is 1290. The van der Waals surface area contributed by atoms with E-state index in [2.05, 4.69) is 4.98 Å². The molecule has 0 fully saturated rings. The van der Waals surface area contributed by atoms with Gasteiger partial charge < -0.3 is 10.2 Å². The van der Waals surface area contributed by atoms with Crippen LogP contribution in [0.5, 0.6) is 0 Å². The molecule has 2 heterocycles. The van der Waals surface area contributed by atoms with Crippen molar-refractivity contribution in [3.8, 4) is 0 Å². The molecule has 1 aliphatic heterocycles. The van der Waals surface area contributed by atoms with Crippen molar-refractivity contribution in [1.29, 1.82) is 0 Å². The number of carbonyl (C=O) groups excluding carboxylic acids is 2. The number of aryl methyl sites for hydroxylation is 1. The van der Waals surface area contributed by atoms with Crippen molar-refractivity contribution in [3.05, 3.63) is 61.8 Å². The Balaban J connectivity index is 1.59. The van der Waals surface area contributed by atoms with E-state index >= 15 is 0 Å². The van der Waals surface area contributed by atoms with Crippen molar-refractivity contribution < 1.29 is 24.6 Å². The number of nitrogens with zero attached hydrogens (tertiary/aromatic N) is 2. The van der Waals surface area contributed by atoms with E-state index in [1.54, 1.807) is 28.6 Å². The molecule has 1 aromatic rings. The van der Waals surface area contributed by atoms with Gasteiger partial charge in [-0.3, -0.25) is 14.4 Å². The third-order valence-corrected chi connectivity index (χ3v) is 9.49. The number of aliphatic hydroxyl groups is 2. The Morgan fingerprint density at radius 2 is 2.11 bits per heavy atom. The molecule has 0 unspecified atom stereocenters. The first-order valence-corrected chi connectivity index (χ1v) is 13.2. The molecule has 1 aromatic heterocycles. The smallest absolute Gasteiger partial charge is 0.198 e. The highest BCUT2D eigenvalue weighted by Gasteiger charge is 2.67. The van der Waals surface area contributed by atoms with Crippen LogP contribution in [0.2, 0.25) is 0 Å². The van der Waals surface area contributed by atoms with E-state index in [4.69, 9.17) is 4.84 Å². The van der Waals surface area contributed by atoms with E-state index in [-0.39, 0.29) is 18.1 Å². The summed E-state index contributed by atoms with van der Waals surface area (Å²) in [6.45, 7) is 5.29. The van der Waals surface area contributed by atoms with Gasteiger partial charge in [-0.1, -0.05) is 25.5 Å². The van der Waals surface area contributed by atoms with Crippen molar-refractivity contribution in [2.45, 2.75) is 71.1 Å². The molecule has 0 saturated carbocycles. The number of fused-ring (bicyclic) bond motifs is 5. The zero-order valence-corrected chi connectivity index (χ0v) is 21.1. The number of thiazole rings is 1.